The quantitative estimate of drug-likeness (QED) is 0.445. The second-order valence-electron chi connectivity index (χ2n) is 6.41. The Bertz CT molecular complexity index is 1040. The van der Waals surface area contributed by atoms with Crippen molar-refractivity contribution >= 4 is 17.5 Å². The van der Waals surface area contributed by atoms with Crippen molar-refractivity contribution in [2.45, 2.75) is 34.9 Å². The minimum absolute atomic E-state index is 0.000611. The number of carbonyl (C=O) groups excluding carboxylic acids is 1. The second-order valence-corrected chi connectivity index (χ2v) is 7.48. The van der Waals surface area contributed by atoms with Crippen LogP contribution in [0.2, 0.25) is 0 Å². The average Bonchev–Trinajstić information content (AvgIpc) is 3.26. The number of hydrogen-bond donors (Lipinski definition) is 0. The van der Waals surface area contributed by atoms with Crippen LogP contribution < -0.4 is 0 Å². The van der Waals surface area contributed by atoms with Crippen molar-refractivity contribution in [2.24, 2.45) is 7.05 Å². The van der Waals surface area contributed by atoms with Crippen molar-refractivity contribution in [3.8, 4) is 0 Å². The summed E-state index contributed by atoms with van der Waals surface area (Å²) in [6.45, 7) is 0. The lowest BCUT2D eigenvalue weighted by molar-refractivity contribution is -0.141. The predicted octanol–water partition coefficient (Wildman–Crippen LogP) is 4.83. The third-order valence-corrected chi connectivity index (χ3v) is 5.48. The third kappa shape index (κ3) is 3.44. The van der Waals surface area contributed by atoms with Crippen molar-refractivity contribution < 1.29 is 26.9 Å². The monoisotopic (exact) mass is 411 g/mol. The normalized spacial score (nSPS) is 14.5. The molecule has 0 unspecified atom stereocenters. The van der Waals surface area contributed by atoms with E-state index in [2.05, 4.69) is 10.3 Å². The standard InChI is InChI=1S/C18H13F4N3O2S/c1-25-17(28-11-6-4-10(19)5-7-11)13(16(24-25)18(20,21)22)14(26)12-8-23-27-15(12)9-2-3-9/h4-9H,2-3H2,1H3. The molecule has 10 heteroatoms. The van der Waals surface area contributed by atoms with Crippen LogP contribution in [-0.2, 0) is 13.2 Å². The van der Waals surface area contributed by atoms with Gasteiger partial charge in [0.15, 0.2) is 11.5 Å². The van der Waals surface area contributed by atoms with Gasteiger partial charge in [-0.3, -0.25) is 9.48 Å². The lowest BCUT2D eigenvalue weighted by Crippen LogP contribution is -2.14. The summed E-state index contributed by atoms with van der Waals surface area (Å²) in [6.07, 6.45) is -2.07. The van der Waals surface area contributed by atoms with Crippen LogP contribution in [0.15, 0.2) is 44.9 Å². The molecular weight excluding hydrogens is 398 g/mol. The molecule has 1 saturated carbocycles. The fraction of sp³-hybridized carbons (Fsp3) is 0.278. The zero-order valence-electron chi connectivity index (χ0n) is 14.5. The van der Waals surface area contributed by atoms with Crippen molar-refractivity contribution in [3.05, 3.63) is 58.9 Å². The first-order valence-corrected chi connectivity index (χ1v) is 9.14. The smallest absolute Gasteiger partial charge is 0.360 e. The largest absolute Gasteiger partial charge is 0.435 e. The van der Waals surface area contributed by atoms with Crippen LogP contribution in [0.25, 0.3) is 0 Å². The summed E-state index contributed by atoms with van der Waals surface area (Å²) in [5.74, 6) is -1.01. The molecule has 5 nitrogen and oxygen atoms in total. The van der Waals surface area contributed by atoms with E-state index in [1.54, 1.807) is 0 Å². The molecule has 1 aliphatic carbocycles. The van der Waals surface area contributed by atoms with E-state index >= 15 is 0 Å². The van der Waals surface area contributed by atoms with Crippen molar-refractivity contribution in [3.63, 3.8) is 0 Å². The highest BCUT2D eigenvalue weighted by Gasteiger charge is 2.43. The minimum atomic E-state index is -4.82. The molecule has 0 aliphatic heterocycles. The number of nitrogens with zero attached hydrogens (tertiary/aromatic N) is 3. The van der Waals surface area contributed by atoms with E-state index in [9.17, 15) is 22.4 Å². The molecular formula is C18H13F4N3O2S. The Morgan fingerprint density at radius 1 is 1.25 bits per heavy atom. The van der Waals surface area contributed by atoms with E-state index in [0.717, 1.165) is 35.5 Å². The molecule has 0 N–H and O–H groups in total. The topological polar surface area (TPSA) is 60.9 Å². The van der Waals surface area contributed by atoms with Crippen LogP contribution in [0.4, 0.5) is 17.6 Å². The molecule has 28 heavy (non-hydrogen) atoms. The van der Waals surface area contributed by atoms with Crippen LogP contribution in [-0.4, -0.2) is 20.7 Å². The maximum absolute atomic E-state index is 13.6. The first-order chi connectivity index (χ1) is 13.3. The summed E-state index contributed by atoms with van der Waals surface area (Å²) in [6, 6.07) is 5.22. The number of carbonyl (C=O) groups is 1. The number of alkyl halides is 3. The number of halogens is 4. The lowest BCUT2D eigenvalue weighted by atomic mass is 10.0. The number of benzene rings is 1. The first kappa shape index (κ1) is 18.7. The molecule has 146 valence electrons. The fourth-order valence-electron chi connectivity index (χ4n) is 2.84. The van der Waals surface area contributed by atoms with Gasteiger partial charge in [0.2, 0.25) is 5.78 Å². The Morgan fingerprint density at radius 2 is 1.93 bits per heavy atom. The van der Waals surface area contributed by atoms with Crippen LogP contribution in [0, 0.1) is 5.82 Å². The molecule has 4 rings (SSSR count). The van der Waals surface area contributed by atoms with E-state index in [1.165, 1.54) is 31.3 Å². The van der Waals surface area contributed by atoms with E-state index < -0.39 is 29.0 Å². The summed E-state index contributed by atoms with van der Waals surface area (Å²) in [7, 11) is 1.33. The summed E-state index contributed by atoms with van der Waals surface area (Å²) in [5, 5.41) is 7.15. The van der Waals surface area contributed by atoms with Gasteiger partial charge in [-0.2, -0.15) is 18.3 Å². The molecule has 0 amide bonds. The number of aryl methyl sites for hydroxylation is 1. The fourth-order valence-corrected chi connectivity index (χ4v) is 3.80. The zero-order valence-corrected chi connectivity index (χ0v) is 15.3. The molecule has 2 heterocycles. The molecule has 0 radical (unpaired) electrons. The molecule has 1 fully saturated rings. The lowest BCUT2D eigenvalue weighted by Gasteiger charge is -2.08. The Hall–Kier alpha value is -2.62. The summed E-state index contributed by atoms with van der Waals surface area (Å²) in [5.41, 5.74) is -1.82. The van der Waals surface area contributed by atoms with Gasteiger partial charge in [-0.15, -0.1) is 0 Å². The van der Waals surface area contributed by atoms with Gasteiger partial charge in [0.05, 0.1) is 17.3 Å². The van der Waals surface area contributed by atoms with Gasteiger partial charge >= 0.3 is 6.18 Å². The van der Waals surface area contributed by atoms with E-state index in [1.807, 2.05) is 0 Å². The predicted molar refractivity (Wildman–Crippen MR) is 90.6 cm³/mol. The maximum atomic E-state index is 13.6. The minimum Gasteiger partial charge on any atom is -0.360 e. The summed E-state index contributed by atoms with van der Waals surface area (Å²) >= 11 is 0.904. The van der Waals surface area contributed by atoms with Gasteiger partial charge in [0, 0.05) is 17.9 Å². The highest BCUT2D eigenvalue weighted by molar-refractivity contribution is 7.99. The van der Waals surface area contributed by atoms with Gasteiger partial charge in [-0.1, -0.05) is 16.9 Å². The number of hydrogen-bond acceptors (Lipinski definition) is 5. The first-order valence-electron chi connectivity index (χ1n) is 8.32. The molecule has 0 spiro atoms. The summed E-state index contributed by atoms with van der Waals surface area (Å²) in [4.78, 5) is 13.6. The van der Waals surface area contributed by atoms with E-state index in [-0.39, 0.29) is 16.5 Å². The number of ketones is 1. The molecule has 3 aromatic rings. The van der Waals surface area contributed by atoms with E-state index in [4.69, 9.17) is 4.52 Å². The number of rotatable bonds is 5. The Balaban J connectivity index is 1.82. The van der Waals surface area contributed by atoms with Crippen LogP contribution >= 0.6 is 11.8 Å². The Kier molecular flexibility index (Phi) is 4.53. The summed E-state index contributed by atoms with van der Waals surface area (Å²) < 4.78 is 60.0. The van der Waals surface area contributed by atoms with E-state index in [0.29, 0.717) is 10.7 Å². The average molecular weight is 411 g/mol. The molecule has 1 aromatic carbocycles. The molecule has 0 saturated heterocycles. The van der Waals surface area contributed by atoms with Crippen molar-refractivity contribution in [1.82, 2.24) is 14.9 Å². The molecule has 2 aromatic heterocycles. The molecule has 0 bridgehead atoms. The highest BCUT2D eigenvalue weighted by Crippen LogP contribution is 2.44. The molecule has 0 atom stereocenters. The SMILES string of the molecule is Cn1nc(C(F)(F)F)c(C(=O)c2cnoc2C2CC2)c1Sc1ccc(F)cc1. The van der Waals surface area contributed by atoms with Crippen molar-refractivity contribution in [2.75, 3.05) is 0 Å². The van der Waals surface area contributed by atoms with Crippen molar-refractivity contribution in [1.29, 1.82) is 0 Å². The number of aromatic nitrogens is 3. The zero-order chi connectivity index (χ0) is 20.1. The third-order valence-electron chi connectivity index (χ3n) is 4.31. The van der Waals surface area contributed by atoms with Gasteiger partial charge in [-0.25, -0.2) is 4.39 Å². The second kappa shape index (κ2) is 6.77. The Labute approximate surface area is 160 Å². The van der Waals surface area contributed by atoms with Crippen LogP contribution in [0.1, 0.15) is 46.1 Å². The van der Waals surface area contributed by atoms with Gasteiger partial charge in [0.1, 0.15) is 10.8 Å². The molecule has 1 aliphatic rings. The maximum Gasteiger partial charge on any atom is 0.435 e. The Morgan fingerprint density at radius 3 is 2.54 bits per heavy atom. The van der Waals surface area contributed by atoms with Gasteiger partial charge in [0.25, 0.3) is 0 Å². The van der Waals surface area contributed by atoms with Gasteiger partial charge < -0.3 is 4.52 Å². The van der Waals surface area contributed by atoms with Gasteiger partial charge in [-0.05, 0) is 37.1 Å². The highest BCUT2D eigenvalue weighted by atomic mass is 32.2. The van der Waals surface area contributed by atoms with Crippen LogP contribution in [0.5, 0.6) is 0 Å². The van der Waals surface area contributed by atoms with Crippen LogP contribution in [0.3, 0.4) is 0 Å².